The van der Waals surface area contributed by atoms with Crippen LogP contribution in [0.1, 0.15) is 30.4 Å². The molecule has 2 heteroatoms. The van der Waals surface area contributed by atoms with Crippen molar-refractivity contribution in [2.75, 3.05) is 20.1 Å². The van der Waals surface area contributed by atoms with Crippen molar-refractivity contribution in [3.63, 3.8) is 0 Å². The van der Waals surface area contributed by atoms with Crippen molar-refractivity contribution in [3.8, 4) is 0 Å². The van der Waals surface area contributed by atoms with Gasteiger partial charge in [0, 0.05) is 12.1 Å². The van der Waals surface area contributed by atoms with E-state index in [9.17, 15) is 0 Å². The minimum absolute atomic E-state index is 0.0245. The highest BCUT2D eigenvalue weighted by atomic mass is 15.1. The highest BCUT2D eigenvalue weighted by Gasteiger charge is 2.29. The number of aryl methyl sites for hydroxylation is 2. The summed E-state index contributed by atoms with van der Waals surface area (Å²) in [5, 5.41) is 0. The van der Waals surface area contributed by atoms with Crippen LogP contribution in [-0.2, 0) is 6.42 Å². The van der Waals surface area contributed by atoms with Gasteiger partial charge in [0.15, 0.2) is 0 Å². The topological polar surface area (TPSA) is 29.3 Å². The molecule has 2 rings (SSSR count). The molecular weight excluding hydrogens is 208 g/mol. The van der Waals surface area contributed by atoms with Gasteiger partial charge in [-0.1, -0.05) is 29.8 Å². The number of likely N-dealkylation sites (tertiary alicyclic amines) is 1. The Balaban J connectivity index is 1.93. The standard InChI is InChI=1S/C15H24N2/c1-13-5-3-6-14(11-13)7-9-15(16)8-4-10-17(2)12-15/h3,5-6,11H,4,7-10,12,16H2,1-2H3. The zero-order chi connectivity index (χ0) is 12.3. The number of benzene rings is 1. The van der Waals surface area contributed by atoms with Gasteiger partial charge in [-0.05, 0) is 51.8 Å². The Morgan fingerprint density at radius 2 is 2.24 bits per heavy atom. The molecule has 0 amide bonds. The number of hydrogen-bond acceptors (Lipinski definition) is 2. The van der Waals surface area contributed by atoms with E-state index in [0.29, 0.717) is 0 Å². The van der Waals surface area contributed by atoms with Crippen LogP contribution in [0.2, 0.25) is 0 Å². The van der Waals surface area contributed by atoms with E-state index in [2.05, 4.69) is 43.1 Å². The molecule has 0 aliphatic carbocycles. The van der Waals surface area contributed by atoms with Gasteiger partial charge in [0.2, 0.25) is 0 Å². The van der Waals surface area contributed by atoms with E-state index < -0.39 is 0 Å². The third-order valence-electron chi connectivity index (χ3n) is 3.79. The zero-order valence-electron chi connectivity index (χ0n) is 11.1. The van der Waals surface area contributed by atoms with Crippen molar-refractivity contribution in [1.82, 2.24) is 4.90 Å². The number of piperidine rings is 1. The Hall–Kier alpha value is -0.860. The molecule has 1 aromatic rings. The van der Waals surface area contributed by atoms with Gasteiger partial charge in [0.1, 0.15) is 0 Å². The van der Waals surface area contributed by atoms with Crippen molar-refractivity contribution in [2.45, 2.75) is 38.1 Å². The van der Waals surface area contributed by atoms with Crippen molar-refractivity contribution < 1.29 is 0 Å². The first-order chi connectivity index (χ1) is 8.07. The maximum absolute atomic E-state index is 6.49. The molecule has 17 heavy (non-hydrogen) atoms. The molecule has 0 saturated carbocycles. The van der Waals surface area contributed by atoms with Crippen molar-refractivity contribution in [1.29, 1.82) is 0 Å². The summed E-state index contributed by atoms with van der Waals surface area (Å²) in [6.45, 7) is 4.39. The van der Waals surface area contributed by atoms with Gasteiger partial charge in [-0.15, -0.1) is 0 Å². The van der Waals surface area contributed by atoms with Crippen molar-refractivity contribution in [2.24, 2.45) is 5.73 Å². The lowest BCUT2D eigenvalue weighted by Crippen LogP contribution is -2.53. The second kappa shape index (κ2) is 5.19. The molecule has 1 fully saturated rings. The summed E-state index contributed by atoms with van der Waals surface area (Å²) in [4.78, 5) is 2.36. The molecule has 0 spiro atoms. The quantitative estimate of drug-likeness (QED) is 0.867. The lowest BCUT2D eigenvalue weighted by molar-refractivity contribution is 0.170. The lowest BCUT2D eigenvalue weighted by Gasteiger charge is -2.38. The predicted octanol–water partition coefficient (Wildman–Crippen LogP) is 2.35. The average molecular weight is 232 g/mol. The fourth-order valence-electron chi connectivity index (χ4n) is 2.86. The largest absolute Gasteiger partial charge is 0.324 e. The molecule has 2 nitrogen and oxygen atoms in total. The first-order valence-corrected chi connectivity index (χ1v) is 6.60. The van der Waals surface area contributed by atoms with Gasteiger partial charge in [0.05, 0.1) is 0 Å². The summed E-state index contributed by atoms with van der Waals surface area (Å²) in [5.74, 6) is 0. The molecule has 1 atom stereocenters. The van der Waals surface area contributed by atoms with Gasteiger partial charge in [-0.25, -0.2) is 0 Å². The number of nitrogens with zero attached hydrogens (tertiary/aromatic N) is 1. The summed E-state index contributed by atoms with van der Waals surface area (Å²) in [7, 11) is 2.17. The fraction of sp³-hybridized carbons (Fsp3) is 0.600. The van der Waals surface area contributed by atoms with E-state index in [-0.39, 0.29) is 5.54 Å². The normalized spacial score (nSPS) is 26.1. The van der Waals surface area contributed by atoms with Gasteiger partial charge >= 0.3 is 0 Å². The Morgan fingerprint density at radius 3 is 2.94 bits per heavy atom. The molecule has 1 aliphatic rings. The molecule has 0 bridgehead atoms. The van der Waals surface area contributed by atoms with Crippen LogP contribution in [0.5, 0.6) is 0 Å². The van der Waals surface area contributed by atoms with Crippen LogP contribution in [0, 0.1) is 6.92 Å². The number of rotatable bonds is 3. The van der Waals surface area contributed by atoms with E-state index in [1.54, 1.807) is 0 Å². The summed E-state index contributed by atoms with van der Waals surface area (Å²) in [6.07, 6.45) is 4.61. The van der Waals surface area contributed by atoms with E-state index in [0.717, 1.165) is 19.4 Å². The molecule has 94 valence electrons. The number of likely N-dealkylation sites (N-methyl/N-ethyl adjacent to an activating group) is 1. The molecule has 2 N–H and O–H groups in total. The van der Waals surface area contributed by atoms with Crippen LogP contribution in [-0.4, -0.2) is 30.6 Å². The summed E-state index contributed by atoms with van der Waals surface area (Å²) >= 11 is 0. The van der Waals surface area contributed by atoms with E-state index in [4.69, 9.17) is 5.73 Å². The van der Waals surface area contributed by atoms with Crippen LogP contribution < -0.4 is 5.73 Å². The molecule has 1 saturated heterocycles. The summed E-state index contributed by atoms with van der Waals surface area (Å²) in [6, 6.07) is 8.77. The minimum Gasteiger partial charge on any atom is -0.324 e. The second-order valence-electron chi connectivity index (χ2n) is 5.69. The van der Waals surface area contributed by atoms with Crippen molar-refractivity contribution in [3.05, 3.63) is 35.4 Å². The minimum atomic E-state index is 0.0245. The first kappa shape index (κ1) is 12.6. The van der Waals surface area contributed by atoms with Gasteiger partial charge in [-0.2, -0.15) is 0 Å². The molecule has 1 aliphatic heterocycles. The highest BCUT2D eigenvalue weighted by molar-refractivity contribution is 5.22. The van der Waals surface area contributed by atoms with Gasteiger partial charge < -0.3 is 10.6 Å². The molecular formula is C15H24N2. The summed E-state index contributed by atoms with van der Waals surface area (Å²) < 4.78 is 0. The Kier molecular flexibility index (Phi) is 3.85. The highest BCUT2D eigenvalue weighted by Crippen LogP contribution is 2.23. The van der Waals surface area contributed by atoms with Crippen LogP contribution in [0.15, 0.2) is 24.3 Å². The Bertz CT molecular complexity index is 375. The Morgan fingerprint density at radius 1 is 1.41 bits per heavy atom. The molecule has 0 radical (unpaired) electrons. The van der Waals surface area contributed by atoms with Crippen molar-refractivity contribution >= 4 is 0 Å². The van der Waals surface area contributed by atoms with E-state index in [1.165, 1.54) is 30.5 Å². The number of hydrogen-bond donors (Lipinski definition) is 1. The SMILES string of the molecule is Cc1cccc(CCC2(N)CCCN(C)C2)c1. The van der Waals surface area contributed by atoms with E-state index in [1.807, 2.05) is 0 Å². The maximum atomic E-state index is 6.49. The van der Waals surface area contributed by atoms with Crippen LogP contribution >= 0.6 is 0 Å². The van der Waals surface area contributed by atoms with Crippen LogP contribution in [0.25, 0.3) is 0 Å². The summed E-state index contributed by atoms with van der Waals surface area (Å²) in [5.41, 5.74) is 9.28. The molecule has 1 unspecified atom stereocenters. The first-order valence-electron chi connectivity index (χ1n) is 6.60. The molecule has 1 aromatic carbocycles. The fourth-order valence-corrected chi connectivity index (χ4v) is 2.86. The monoisotopic (exact) mass is 232 g/mol. The van der Waals surface area contributed by atoms with Crippen LogP contribution in [0.4, 0.5) is 0 Å². The van der Waals surface area contributed by atoms with Gasteiger partial charge in [-0.3, -0.25) is 0 Å². The molecule has 1 heterocycles. The van der Waals surface area contributed by atoms with Gasteiger partial charge in [0.25, 0.3) is 0 Å². The lowest BCUT2D eigenvalue weighted by atomic mass is 9.84. The second-order valence-corrected chi connectivity index (χ2v) is 5.69. The maximum Gasteiger partial charge on any atom is 0.0286 e. The number of nitrogens with two attached hydrogens (primary N) is 1. The van der Waals surface area contributed by atoms with Crippen LogP contribution in [0.3, 0.4) is 0 Å². The van der Waals surface area contributed by atoms with E-state index >= 15 is 0 Å². The molecule has 0 aromatic heterocycles. The average Bonchev–Trinajstić information content (AvgIpc) is 2.26. The third-order valence-corrected chi connectivity index (χ3v) is 3.79. The Labute approximate surface area is 105 Å². The predicted molar refractivity (Wildman–Crippen MR) is 73.1 cm³/mol. The third kappa shape index (κ3) is 3.55. The zero-order valence-corrected chi connectivity index (χ0v) is 11.1. The smallest absolute Gasteiger partial charge is 0.0286 e.